The highest BCUT2D eigenvalue weighted by atomic mass is 35.5. The van der Waals surface area contributed by atoms with Crippen molar-refractivity contribution < 1.29 is 4.74 Å². The maximum absolute atomic E-state index is 6.29. The summed E-state index contributed by atoms with van der Waals surface area (Å²) in [5.41, 5.74) is 2.27. The lowest BCUT2D eigenvalue weighted by atomic mass is 10.0. The molecule has 4 rings (SSSR count). The molecular formula is C18H20ClN5O. The van der Waals surface area contributed by atoms with Gasteiger partial charge in [-0.1, -0.05) is 23.7 Å². The normalized spacial score (nSPS) is 15.7. The van der Waals surface area contributed by atoms with Gasteiger partial charge in [-0.2, -0.15) is 4.98 Å². The maximum Gasteiger partial charge on any atom is 0.318 e. The molecule has 0 radical (unpaired) electrons. The van der Waals surface area contributed by atoms with Gasteiger partial charge in [0.25, 0.3) is 0 Å². The van der Waals surface area contributed by atoms with Crippen LogP contribution in [0.4, 0.5) is 5.82 Å². The minimum Gasteiger partial charge on any atom is -0.467 e. The Kier molecular flexibility index (Phi) is 4.21. The summed E-state index contributed by atoms with van der Waals surface area (Å²) in [4.78, 5) is 15.4. The van der Waals surface area contributed by atoms with Crippen molar-refractivity contribution in [2.45, 2.75) is 25.8 Å². The van der Waals surface area contributed by atoms with Crippen molar-refractivity contribution in [1.29, 1.82) is 0 Å². The predicted molar refractivity (Wildman–Crippen MR) is 98.5 cm³/mol. The number of nitrogens with zero attached hydrogens (tertiary/aromatic N) is 5. The van der Waals surface area contributed by atoms with Crippen LogP contribution in [0.5, 0.6) is 6.01 Å². The predicted octanol–water partition coefficient (Wildman–Crippen LogP) is 3.64. The Morgan fingerprint density at radius 2 is 1.92 bits per heavy atom. The van der Waals surface area contributed by atoms with Crippen LogP contribution >= 0.6 is 11.6 Å². The number of ether oxygens (including phenoxy) is 1. The molecule has 25 heavy (non-hydrogen) atoms. The average Bonchev–Trinajstić information content (AvgIpc) is 2.98. The fraction of sp³-hybridized carbons (Fsp3) is 0.389. The molecule has 1 aromatic carbocycles. The topological polar surface area (TPSA) is 56.1 Å². The zero-order chi connectivity index (χ0) is 17.4. The summed E-state index contributed by atoms with van der Waals surface area (Å²) in [7, 11) is 1.56. The van der Waals surface area contributed by atoms with Gasteiger partial charge in [-0.05, 0) is 31.9 Å². The van der Waals surface area contributed by atoms with E-state index in [-0.39, 0.29) is 0 Å². The molecule has 0 saturated carbocycles. The minimum atomic E-state index is 0.345. The van der Waals surface area contributed by atoms with E-state index < -0.39 is 0 Å². The molecule has 1 fully saturated rings. The second kappa shape index (κ2) is 6.52. The Hall–Kier alpha value is -2.34. The molecule has 0 unspecified atom stereocenters. The number of hydrogen-bond acceptors (Lipinski definition) is 5. The molecule has 2 aromatic heterocycles. The summed E-state index contributed by atoms with van der Waals surface area (Å²) in [6.07, 6.45) is 3.63. The number of benzene rings is 1. The first kappa shape index (κ1) is 16.1. The van der Waals surface area contributed by atoms with Gasteiger partial charge in [-0.3, -0.25) is 0 Å². The van der Waals surface area contributed by atoms with Crippen LogP contribution in [0, 0.1) is 6.92 Å². The second-order valence-corrected chi connectivity index (χ2v) is 6.67. The van der Waals surface area contributed by atoms with E-state index in [9.17, 15) is 0 Å². The van der Waals surface area contributed by atoms with Crippen molar-refractivity contribution in [2.75, 3.05) is 25.1 Å². The van der Waals surface area contributed by atoms with E-state index in [1.54, 1.807) is 13.3 Å². The van der Waals surface area contributed by atoms with Gasteiger partial charge < -0.3 is 14.2 Å². The number of para-hydroxylation sites is 2. The first-order chi connectivity index (χ1) is 12.2. The monoisotopic (exact) mass is 357 g/mol. The smallest absolute Gasteiger partial charge is 0.318 e. The summed E-state index contributed by atoms with van der Waals surface area (Å²) >= 11 is 6.29. The molecule has 0 amide bonds. The number of piperidine rings is 1. The molecule has 130 valence electrons. The van der Waals surface area contributed by atoms with Crippen LogP contribution in [0.3, 0.4) is 0 Å². The molecule has 0 aliphatic carbocycles. The third kappa shape index (κ3) is 2.91. The van der Waals surface area contributed by atoms with E-state index in [2.05, 4.69) is 44.6 Å². The second-order valence-electron chi connectivity index (χ2n) is 6.26. The minimum absolute atomic E-state index is 0.345. The molecule has 0 N–H and O–H groups in total. The summed E-state index contributed by atoms with van der Waals surface area (Å²) in [6, 6.07) is 9.10. The van der Waals surface area contributed by atoms with E-state index >= 15 is 0 Å². The Labute approximate surface area is 151 Å². The molecule has 3 heterocycles. The number of imidazole rings is 1. The number of aryl methyl sites for hydroxylation is 1. The van der Waals surface area contributed by atoms with Gasteiger partial charge in [0.1, 0.15) is 10.8 Å². The van der Waals surface area contributed by atoms with Crippen LogP contribution in [0.15, 0.2) is 30.5 Å². The summed E-state index contributed by atoms with van der Waals surface area (Å²) in [5, 5.41) is 0.559. The van der Waals surface area contributed by atoms with Gasteiger partial charge >= 0.3 is 6.01 Å². The summed E-state index contributed by atoms with van der Waals surface area (Å²) < 4.78 is 7.49. The quantitative estimate of drug-likeness (QED) is 0.716. The number of aromatic nitrogens is 4. The maximum atomic E-state index is 6.29. The van der Waals surface area contributed by atoms with Gasteiger partial charge in [0, 0.05) is 19.1 Å². The average molecular weight is 358 g/mol. The van der Waals surface area contributed by atoms with E-state index in [4.69, 9.17) is 21.3 Å². The third-order valence-corrected chi connectivity index (χ3v) is 5.05. The van der Waals surface area contributed by atoms with E-state index in [1.807, 2.05) is 6.07 Å². The highest BCUT2D eigenvalue weighted by Crippen LogP contribution is 2.32. The Morgan fingerprint density at radius 1 is 1.16 bits per heavy atom. The summed E-state index contributed by atoms with van der Waals surface area (Å²) in [5.74, 6) is 1.82. The third-order valence-electron chi connectivity index (χ3n) is 4.79. The van der Waals surface area contributed by atoms with Gasteiger partial charge in [-0.25, -0.2) is 9.97 Å². The largest absolute Gasteiger partial charge is 0.467 e. The standard InChI is InChI=1S/C18H20ClN5O/c1-12-21-15-5-3-4-6-16(15)24(12)13-7-9-23(10-8-13)17-14(19)11-20-18(22-17)25-2/h3-6,11,13H,7-10H2,1-2H3. The highest BCUT2D eigenvalue weighted by Gasteiger charge is 2.25. The van der Waals surface area contributed by atoms with Crippen LogP contribution in [-0.4, -0.2) is 39.7 Å². The Balaban J connectivity index is 1.56. The van der Waals surface area contributed by atoms with Crippen molar-refractivity contribution in [3.8, 4) is 6.01 Å². The molecule has 1 aliphatic rings. The molecule has 0 spiro atoms. The van der Waals surface area contributed by atoms with Crippen LogP contribution < -0.4 is 9.64 Å². The molecule has 3 aromatic rings. The number of hydrogen-bond donors (Lipinski definition) is 0. The van der Waals surface area contributed by atoms with Crippen molar-refractivity contribution >= 4 is 28.5 Å². The molecule has 1 aliphatic heterocycles. The lowest BCUT2D eigenvalue weighted by Crippen LogP contribution is -2.35. The number of anilines is 1. The SMILES string of the molecule is COc1ncc(Cl)c(N2CCC(n3c(C)nc4ccccc43)CC2)n1. The van der Waals surface area contributed by atoms with Gasteiger partial charge in [0.05, 0.1) is 24.3 Å². The zero-order valence-electron chi connectivity index (χ0n) is 14.3. The first-order valence-corrected chi connectivity index (χ1v) is 8.80. The van der Waals surface area contributed by atoms with Crippen LogP contribution in [0.1, 0.15) is 24.7 Å². The summed E-state index contributed by atoms with van der Waals surface area (Å²) in [6.45, 7) is 3.85. The van der Waals surface area contributed by atoms with E-state index in [0.717, 1.165) is 43.1 Å². The Bertz CT molecular complexity index is 902. The number of methoxy groups -OCH3 is 1. The highest BCUT2D eigenvalue weighted by molar-refractivity contribution is 6.32. The number of fused-ring (bicyclic) bond motifs is 1. The molecule has 0 bridgehead atoms. The van der Waals surface area contributed by atoms with Gasteiger partial charge in [0.2, 0.25) is 0 Å². The molecule has 0 atom stereocenters. The van der Waals surface area contributed by atoms with E-state index in [0.29, 0.717) is 17.1 Å². The lowest BCUT2D eigenvalue weighted by molar-refractivity contribution is 0.375. The van der Waals surface area contributed by atoms with E-state index in [1.165, 1.54) is 5.52 Å². The van der Waals surface area contributed by atoms with Gasteiger partial charge in [-0.15, -0.1) is 0 Å². The van der Waals surface area contributed by atoms with Crippen molar-refractivity contribution in [1.82, 2.24) is 19.5 Å². The van der Waals surface area contributed by atoms with Gasteiger partial charge in [0.15, 0.2) is 5.82 Å². The van der Waals surface area contributed by atoms with Crippen LogP contribution in [0.2, 0.25) is 5.02 Å². The van der Waals surface area contributed by atoms with Crippen molar-refractivity contribution in [3.63, 3.8) is 0 Å². The van der Waals surface area contributed by atoms with Crippen LogP contribution in [-0.2, 0) is 0 Å². The number of halogens is 1. The lowest BCUT2D eigenvalue weighted by Gasteiger charge is -2.34. The van der Waals surface area contributed by atoms with Crippen molar-refractivity contribution in [2.24, 2.45) is 0 Å². The fourth-order valence-corrected chi connectivity index (χ4v) is 3.83. The number of rotatable bonds is 3. The molecule has 6 nitrogen and oxygen atoms in total. The molecule has 7 heteroatoms. The fourth-order valence-electron chi connectivity index (χ4n) is 3.62. The van der Waals surface area contributed by atoms with Crippen LogP contribution in [0.25, 0.3) is 11.0 Å². The zero-order valence-corrected chi connectivity index (χ0v) is 15.1. The molecule has 1 saturated heterocycles. The Morgan fingerprint density at radius 3 is 2.68 bits per heavy atom. The molecular weight excluding hydrogens is 338 g/mol. The van der Waals surface area contributed by atoms with Crippen molar-refractivity contribution in [3.05, 3.63) is 41.3 Å². The first-order valence-electron chi connectivity index (χ1n) is 8.42.